The number of hydrogen-bond acceptors (Lipinski definition) is 5. The van der Waals surface area contributed by atoms with Crippen LogP contribution in [-0.2, 0) is 14.3 Å². The van der Waals surface area contributed by atoms with E-state index in [4.69, 9.17) is 4.74 Å². The van der Waals surface area contributed by atoms with E-state index in [0.717, 1.165) is 64.2 Å². The van der Waals surface area contributed by atoms with Crippen LogP contribution in [0.25, 0.3) is 0 Å². The van der Waals surface area contributed by atoms with Crippen LogP contribution in [0.1, 0.15) is 258 Å². The van der Waals surface area contributed by atoms with E-state index in [0.29, 0.717) is 19.4 Å². The van der Waals surface area contributed by atoms with Crippen molar-refractivity contribution in [2.75, 3.05) is 13.2 Å². The summed E-state index contributed by atoms with van der Waals surface area (Å²) in [5.74, 6) is -0.101. The van der Waals surface area contributed by atoms with Crippen molar-refractivity contribution >= 4 is 11.9 Å². The number of nitrogens with one attached hydrogen (secondary N) is 1. The molecule has 0 rings (SSSR count). The van der Waals surface area contributed by atoms with Crippen LogP contribution in [-0.4, -0.2) is 47.4 Å². The molecule has 0 aromatic rings. The molecule has 350 valence electrons. The summed E-state index contributed by atoms with van der Waals surface area (Å²) in [6.07, 6.45) is 61.1. The number of rotatable bonds is 47. The van der Waals surface area contributed by atoms with Gasteiger partial charge in [-0.15, -0.1) is 0 Å². The smallest absolute Gasteiger partial charge is 0.305 e. The molecule has 0 aliphatic heterocycles. The molecule has 6 nitrogen and oxygen atoms in total. The largest absolute Gasteiger partial charge is 0.466 e. The number of ether oxygens (including phenoxy) is 1. The number of unbranched alkanes of at least 4 members (excludes halogenated alkanes) is 30. The molecule has 0 aromatic carbocycles. The Labute approximate surface area is 372 Å². The van der Waals surface area contributed by atoms with Gasteiger partial charge in [-0.1, -0.05) is 204 Å². The molecule has 0 bridgehead atoms. The van der Waals surface area contributed by atoms with Gasteiger partial charge >= 0.3 is 5.97 Å². The normalized spacial score (nSPS) is 13.1. The van der Waals surface area contributed by atoms with Gasteiger partial charge in [0, 0.05) is 12.8 Å². The molecule has 1 amide bonds. The van der Waals surface area contributed by atoms with Crippen LogP contribution < -0.4 is 5.32 Å². The summed E-state index contributed by atoms with van der Waals surface area (Å²) in [5, 5.41) is 23.0. The first kappa shape index (κ1) is 57.8. The lowest BCUT2D eigenvalue weighted by atomic mass is 10.1. The van der Waals surface area contributed by atoms with E-state index in [1.54, 1.807) is 6.08 Å². The maximum absolute atomic E-state index is 12.4. The average molecular weight is 842 g/mol. The van der Waals surface area contributed by atoms with E-state index in [1.165, 1.54) is 167 Å². The summed E-state index contributed by atoms with van der Waals surface area (Å²) in [4.78, 5) is 24.4. The number of esters is 1. The maximum Gasteiger partial charge on any atom is 0.305 e. The fraction of sp³-hybridized carbons (Fsp3) is 0.815. The number of carbonyl (C=O) groups excluding carboxylic acids is 2. The molecule has 0 aliphatic carbocycles. The molecule has 6 heteroatoms. The van der Waals surface area contributed by atoms with Crippen molar-refractivity contribution in [2.24, 2.45) is 0 Å². The minimum Gasteiger partial charge on any atom is -0.466 e. The van der Waals surface area contributed by atoms with Gasteiger partial charge in [0.25, 0.3) is 0 Å². The summed E-state index contributed by atoms with van der Waals surface area (Å²) >= 11 is 0. The molecule has 0 heterocycles. The first-order valence-electron chi connectivity index (χ1n) is 25.9. The van der Waals surface area contributed by atoms with Gasteiger partial charge < -0.3 is 20.3 Å². The average Bonchev–Trinajstić information content (AvgIpc) is 3.25. The molecule has 3 N–H and O–H groups in total. The Morgan fingerprint density at radius 2 is 0.833 bits per heavy atom. The van der Waals surface area contributed by atoms with Crippen molar-refractivity contribution in [1.82, 2.24) is 5.32 Å². The number of hydrogen-bond donors (Lipinski definition) is 3. The number of carbonyl (C=O) groups is 2. The molecule has 0 saturated heterocycles. The van der Waals surface area contributed by atoms with Crippen LogP contribution in [0.2, 0.25) is 0 Å². The number of allylic oxidation sites excluding steroid dienone is 7. The second kappa shape index (κ2) is 49.5. The lowest BCUT2D eigenvalue weighted by Crippen LogP contribution is -2.45. The topological polar surface area (TPSA) is 95.9 Å². The monoisotopic (exact) mass is 842 g/mol. The Morgan fingerprint density at radius 3 is 1.32 bits per heavy atom. The van der Waals surface area contributed by atoms with Crippen molar-refractivity contribution in [3.8, 4) is 0 Å². The van der Waals surface area contributed by atoms with Gasteiger partial charge in [-0.25, -0.2) is 0 Å². The molecule has 2 unspecified atom stereocenters. The Balaban J connectivity index is 3.49. The molecule has 0 radical (unpaired) electrons. The third kappa shape index (κ3) is 45.3. The minimum absolute atomic E-state index is 0.0179. The van der Waals surface area contributed by atoms with E-state index in [9.17, 15) is 19.8 Å². The summed E-state index contributed by atoms with van der Waals surface area (Å²) in [6, 6.07) is -0.636. The second-order valence-corrected chi connectivity index (χ2v) is 17.5. The Hall–Kier alpha value is -2.18. The van der Waals surface area contributed by atoms with E-state index < -0.39 is 12.1 Å². The molecular formula is C54H99NO5. The lowest BCUT2D eigenvalue weighted by Gasteiger charge is -2.20. The zero-order valence-corrected chi connectivity index (χ0v) is 39.7. The minimum atomic E-state index is -0.852. The van der Waals surface area contributed by atoms with Crippen molar-refractivity contribution in [3.63, 3.8) is 0 Å². The summed E-state index contributed by atoms with van der Waals surface area (Å²) in [5.41, 5.74) is 0. The third-order valence-electron chi connectivity index (χ3n) is 11.6. The highest BCUT2D eigenvalue weighted by Gasteiger charge is 2.18. The van der Waals surface area contributed by atoms with Crippen molar-refractivity contribution < 1.29 is 24.5 Å². The SMILES string of the molecule is CCCCC/C=C\C/C=C\CCCCCCCC(=O)OCCCCCCCC/C=C\CCCCCCCCCC(=O)NC(CO)C(O)/C=C/CCCCCCCCCCC. The number of aliphatic hydroxyl groups excluding tert-OH is 2. The molecule has 0 spiro atoms. The van der Waals surface area contributed by atoms with Crippen LogP contribution in [0.15, 0.2) is 48.6 Å². The van der Waals surface area contributed by atoms with Crippen LogP contribution >= 0.6 is 0 Å². The van der Waals surface area contributed by atoms with E-state index in [1.807, 2.05) is 6.08 Å². The molecule has 0 aromatic heterocycles. The molecular weight excluding hydrogens is 743 g/mol. The standard InChI is InChI=1S/C54H99NO5/c1-3-5-7-9-11-13-15-16-20-24-28-32-36-40-44-48-54(59)60-49-45-41-37-33-29-25-22-19-17-18-21-23-27-31-35-39-43-47-53(58)55-51(50-56)52(57)46-42-38-34-30-26-14-12-10-8-6-4-2/h11,13,16-17,19-20,42,46,51-52,56-57H,3-10,12,14-15,18,21-41,43-45,47-50H2,1-2H3,(H,55,58)/b13-11-,19-17-,20-16-,46-42+. The van der Waals surface area contributed by atoms with Crippen molar-refractivity contribution in [1.29, 1.82) is 0 Å². The van der Waals surface area contributed by atoms with Crippen LogP contribution in [0, 0.1) is 0 Å². The first-order chi connectivity index (χ1) is 29.5. The number of aliphatic hydroxyl groups is 2. The fourth-order valence-corrected chi connectivity index (χ4v) is 7.54. The van der Waals surface area contributed by atoms with Gasteiger partial charge in [0.15, 0.2) is 0 Å². The van der Waals surface area contributed by atoms with E-state index >= 15 is 0 Å². The first-order valence-corrected chi connectivity index (χ1v) is 25.9. The van der Waals surface area contributed by atoms with Crippen molar-refractivity contribution in [3.05, 3.63) is 48.6 Å². The Bertz CT molecular complexity index is 1020. The highest BCUT2D eigenvalue weighted by atomic mass is 16.5. The van der Waals surface area contributed by atoms with E-state index in [2.05, 4.69) is 55.6 Å². The van der Waals surface area contributed by atoms with Crippen LogP contribution in [0.4, 0.5) is 0 Å². The summed E-state index contributed by atoms with van der Waals surface area (Å²) < 4.78 is 5.45. The van der Waals surface area contributed by atoms with E-state index in [-0.39, 0.29) is 18.5 Å². The maximum atomic E-state index is 12.4. The molecule has 0 fully saturated rings. The van der Waals surface area contributed by atoms with Crippen LogP contribution in [0.5, 0.6) is 0 Å². The predicted octanol–water partition coefficient (Wildman–Crippen LogP) is 15.5. The highest BCUT2D eigenvalue weighted by Crippen LogP contribution is 2.14. The number of amides is 1. The Kier molecular flexibility index (Phi) is 47.7. The molecule has 60 heavy (non-hydrogen) atoms. The summed E-state index contributed by atoms with van der Waals surface area (Å²) in [6.45, 7) is 4.82. The lowest BCUT2D eigenvalue weighted by molar-refractivity contribution is -0.143. The van der Waals surface area contributed by atoms with Gasteiger partial charge in [0.05, 0.1) is 25.4 Å². The third-order valence-corrected chi connectivity index (χ3v) is 11.6. The summed E-state index contributed by atoms with van der Waals surface area (Å²) in [7, 11) is 0. The molecule has 2 atom stereocenters. The second-order valence-electron chi connectivity index (χ2n) is 17.5. The zero-order valence-electron chi connectivity index (χ0n) is 39.7. The van der Waals surface area contributed by atoms with Gasteiger partial charge in [-0.05, 0) is 89.9 Å². The van der Waals surface area contributed by atoms with Gasteiger partial charge in [-0.2, -0.15) is 0 Å². The van der Waals surface area contributed by atoms with Gasteiger partial charge in [-0.3, -0.25) is 9.59 Å². The van der Waals surface area contributed by atoms with Gasteiger partial charge in [0.1, 0.15) is 0 Å². The molecule has 0 aliphatic rings. The quantitative estimate of drug-likeness (QED) is 0.0322. The predicted molar refractivity (Wildman–Crippen MR) is 259 cm³/mol. The van der Waals surface area contributed by atoms with Crippen molar-refractivity contribution in [2.45, 2.75) is 270 Å². The zero-order chi connectivity index (χ0) is 43.7. The highest BCUT2D eigenvalue weighted by molar-refractivity contribution is 5.76. The fourth-order valence-electron chi connectivity index (χ4n) is 7.54. The van der Waals surface area contributed by atoms with Crippen LogP contribution in [0.3, 0.4) is 0 Å². The van der Waals surface area contributed by atoms with Gasteiger partial charge in [0.2, 0.25) is 5.91 Å². The Morgan fingerprint density at radius 1 is 0.467 bits per heavy atom. The molecule has 0 saturated carbocycles.